The van der Waals surface area contributed by atoms with Gasteiger partial charge in [0, 0.05) is 11.8 Å². The maximum Gasteiger partial charge on any atom is 0.259 e. The van der Waals surface area contributed by atoms with E-state index in [0.717, 1.165) is 5.56 Å². The molecule has 0 saturated heterocycles. The molecule has 0 unspecified atom stereocenters. The summed E-state index contributed by atoms with van der Waals surface area (Å²) in [4.78, 5) is 17.4. The summed E-state index contributed by atoms with van der Waals surface area (Å²) in [7, 11) is 0. The van der Waals surface area contributed by atoms with E-state index in [1.807, 2.05) is 19.1 Å². The molecule has 140 valence electrons. The number of nitrogens with zero attached hydrogens (tertiary/aromatic N) is 2. The molecule has 2 aromatic heterocycles. The number of carbonyl (C=O) groups excluding carboxylic acids is 1. The SMILES string of the molecule is Cc1cccn2c(NC(=O)c3ccccc3F)c(-c3ccc(Cl)c(Cl)c3)nc12. The van der Waals surface area contributed by atoms with Crippen LogP contribution in [0.15, 0.2) is 60.8 Å². The van der Waals surface area contributed by atoms with Crippen LogP contribution in [0.25, 0.3) is 16.9 Å². The first-order valence-corrected chi connectivity index (χ1v) is 9.20. The van der Waals surface area contributed by atoms with E-state index in [2.05, 4.69) is 10.3 Å². The quantitative estimate of drug-likeness (QED) is 0.447. The number of rotatable bonds is 3. The van der Waals surface area contributed by atoms with Crippen molar-refractivity contribution in [2.45, 2.75) is 6.92 Å². The van der Waals surface area contributed by atoms with Gasteiger partial charge in [-0.2, -0.15) is 0 Å². The third-order valence-electron chi connectivity index (χ3n) is 4.39. The fourth-order valence-electron chi connectivity index (χ4n) is 2.99. The lowest BCUT2D eigenvalue weighted by molar-refractivity contribution is 0.102. The van der Waals surface area contributed by atoms with E-state index in [9.17, 15) is 9.18 Å². The minimum atomic E-state index is -0.596. The lowest BCUT2D eigenvalue weighted by atomic mass is 10.1. The summed E-state index contributed by atoms with van der Waals surface area (Å²) < 4.78 is 15.8. The molecule has 0 saturated carbocycles. The highest BCUT2D eigenvalue weighted by atomic mass is 35.5. The smallest absolute Gasteiger partial charge is 0.259 e. The van der Waals surface area contributed by atoms with Crippen LogP contribution < -0.4 is 5.32 Å². The van der Waals surface area contributed by atoms with Crippen LogP contribution in [-0.4, -0.2) is 15.3 Å². The molecule has 0 aliphatic heterocycles. The molecule has 0 fully saturated rings. The molecule has 0 bridgehead atoms. The molecule has 0 spiro atoms. The third kappa shape index (κ3) is 3.23. The summed E-state index contributed by atoms with van der Waals surface area (Å²) in [6.07, 6.45) is 1.79. The van der Waals surface area contributed by atoms with Crippen molar-refractivity contribution >= 4 is 40.6 Å². The van der Waals surface area contributed by atoms with Gasteiger partial charge in [-0.3, -0.25) is 9.20 Å². The molecule has 2 heterocycles. The van der Waals surface area contributed by atoms with Crippen LogP contribution >= 0.6 is 23.2 Å². The van der Waals surface area contributed by atoms with Crippen LogP contribution in [0.1, 0.15) is 15.9 Å². The predicted octanol–water partition coefficient (Wildman–Crippen LogP) is 6.01. The first kappa shape index (κ1) is 18.5. The minimum Gasteiger partial charge on any atom is -0.306 e. The average Bonchev–Trinajstić information content (AvgIpc) is 3.04. The maximum absolute atomic E-state index is 14.1. The topological polar surface area (TPSA) is 46.4 Å². The van der Waals surface area contributed by atoms with Gasteiger partial charge in [-0.25, -0.2) is 9.37 Å². The molecule has 1 N–H and O–H groups in total. The van der Waals surface area contributed by atoms with Crippen molar-refractivity contribution < 1.29 is 9.18 Å². The second-order valence-corrected chi connectivity index (χ2v) is 7.07. The van der Waals surface area contributed by atoms with Gasteiger partial charge in [0.15, 0.2) is 0 Å². The Hall–Kier alpha value is -2.89. The highest BCUT2D eigenvalue weighted by Crippen LogP contribution is 2.34. The molecule has 4 rings (SSSR count). The largest absolute Gasteiger partial charge is 0.306 e. The lowest BCUT2D eigenvalue weighted by Crippen LogP contribution is -2.15. The van der Waals surface area contributed by atoms with Gasteiger partial charge in [0.05, 0.1) is 15.6 Å². The number of benzene rings is 2. The molecule has 1 amide bonds. The standard InChI is InChI=1S/C21H14Cl2FN3O/c1-12-5-4-10-27-19(12)25-18(13-8-9-15(22)16(23)11-13)20(27)26-21(28)14-6-2-3-7-17(14)24/h2-11H,1H3,(H,26,28). The highest BCUT2D eigenvalue weighted by molar-refractivity contribution is 6.42. The number of amides is 1. The van der Waals surface area contributed by atoms with Crippen molar-refractivity contribution in [3.8, 4) is 11.3 Å². The van der Waals surface area contributed by atoms with Crippen LogP contribution in [0.4, 0.5) is 10.2 Å². The Balaban J connectivity index is 1.88. The highest BCUT2D eigenvalue weighted by Gasteiger charge is 2.20. The first-order chi connectivity index (χ1) is 13.5. The molecule has 7 heteroatoms. The number of imidazole rings is 1. The van der Waals surface area contributed by atoms with Crippen molar-refractivity contribution in [1.82, 2.24) is 9.38 Å². The van der Waals surface area contributed by atoms with Crippen LogP contribution in [0.2, 0.25) is 10.0 Å². The van der Waals surface area contributed by atoms with E-state index in [0.29, 0.717) is 32.8 Å². The second-order valence-electron chi connectivity index (χ2n) is 6.26. The van der Waals surface area contributed by atoms with Gasteiger partial charge in [-0.15, -0.1) is 0 Å². The Labute approximate surface area is 170 Å². The number of aromatic nitrogens is 2. The Kier molecular flexibility index (Phi) is 4.79. The van der Waals surface area contributed by atoms with Gasteiger partial charge in [-0.05, 0) is 42.8 Å². The summed E-state index contributed by atoms with van der Waals surface area (Å²) in [6.45, 7) is 1.92. The van der Waals surface area contributed by atoms with Gasteiger partial charge >= 0.3 is 0 Å². The van der Waals surface area contributed by atoms with Gasteiger partial charge in [-0.1, -0.05) is 47.5 Å². The summed E-state index contributed by atoms with van der Waals surface area (Å²) in [5.41, 5.74) is 2.74. The molecule has 28 heavy (non-hydrogen) atoms. The number of pyridine rings is 1. The summed E-state index contributed by atoms with van der Waals surface area (Å²) >= 11 is 12.2. The van der Waals surface area contributed by atoms with Gasteiger partial charge in [0.1, 0.15) is 23.0 Å². The zero-order valence-electron chi connectivity index (χ0n) is 14.7. The van der Waals surface area contributed by atoms with Crippen molar-refractivity contribution in [3.05, 3.63) is 87.8 Å². The molecular weight excluding hydrogens is 400 g/mol. The molecule has 0 aliphatic carbocycles. The average molecular weight is 414 g/mol. The summed E-state index contributed by atoms with van der Waals surface area (Å²) in [6, 6.07) is 14.7. The number of aryl methyl sites for hydroxylation is 1. The number of hydrogen-bond donors (Lipinski definition) is 1. The van der Waals surface area contributed by atoms with E-state index in [1.165, 1.54) is 18.2 Å². The number of hydrogen-bond acceptors (Lipinski definition) is 2. The molecule has 4 aromatic rings. The summed E-state index contributed by atoms with van der Waals surface area (Å²) in [5.74, 6) is -0.742. The molecule has 0 aliphatic rings. The maximum atomic E-state index is 14.1. The minimum absolute atomic E-state index is 0.0507. The van der Waals surface area contributed by atoms with E-state index in [1.54, 1.807) is 34.9 Å². The number of halogens is 3. The Morgan fingerprint density at radius 3 is 2.61 bits per heavy atom. The van der Waals surface area contributed by atoms with Crippen LogP contribution in [0.5, 0.6) is 0 Å². The summed E-state index contributed by atoms with van der Waals surface area (Å²) in [5, 5.41) is 3.59. The van der Waals surface area contributed by atoms with E-state index >= 15 is 0 Å². The van der Waals surface area contributed by atoms with Gasteiger partial charge in [0.25, 0.3) is 5.91 Å². The number of anilines is 1. The molecule has 2 aromatic carbocycles. The van der Waals surface area contributed by atoms with Crippen LogP contribution in [-0.2, 0) is 0 Å². The monoisotopic (exact) mass is 413 g/mol. The zero-order valence-corrected chi connectivity index (χ0v) is 16.2. The third-order valence-corrected chi connectivity index (χ3v) is 5.13. The van der Waals surface area contributed by atoms with E-state index in [-0.39, 0.29) is 5.56 Å². The van der Waals surface area contributed by atoms with Crippen molar-refractivity contribution in [1.29, 1.82) is 0 Å². The van der Waals surface area contributed by atoms with Crippen molar-refractivity contribution in [2.75, 3.05) is 5.32 Å². The zero-order chi connectivity index (χ0) is 19.8. The fraction of sp³-hybridized carbons (Fsp3) is 0.0476. The molecule has 0 atom stereocenters. The second kappa shape index (κ2) is 7.26. The van der Waals surface area contributed by atoms with E-state index in [4.69, 9.17) is 23.2 Å². The Morgan fingerprint density at radius 2 is 1.86 bits per heavy atom. The molecular formula is C21H14Cl2FN3O. The lowest BCUT2D eigenvalue weighted by Gasteiger charge is -2.09. The fourth-order valence-corrected chi connectivity index (χ4v) is 3.29. The Morgan fingerprint density at radius 1 is 1.07 bits per heavy atom. The number of carbonyl (C=O) groups is 1. The van der Waals surface area contributed by atoms with Gasteiger partial charge < -0.3 is 5.32 Å². The van der Waals surface area contributed by atoms with Crippen LogP contribution in [0, 0.1) is 12.7 Å². The number of nitrogens with one attached hydrogen (secondary N) is 1. The normalized spacial score (nSPS) is 11.0. The van der Waals surface area contributed by atoms with Gasteiger partial charge in [0.2, 0.25) is 0 Å². The molecule has 4 nitrogen and oxygen atoms in total. The van der Waals surface area contributed by atoms with Crippen LogP contribution in [0.3, 0.4) is 0 Å². The van der Waals surface area contributed by atoms with E-state index < -0.39 is 11.7 Å². The molecule has 0 radical (unpaired) electrons. The first-order valence-electron chi connectivity index (χ1n) is 8.44. The predicted molar refractivity (Wildman–Crippen MR) is 110 cm³/mol. The number of fused-ring (bicyclic) bond motifs is 1. The van der Waals surface area contributed by atoms with Crippen molar-refractivity contribution in [2.24, 2.45) is 0 Å². The Bertz CT molecular complexity index is 1220. The van der Waals surface area contributed by atoms with Crippen molar-refractivity contribution in [3.63, 3.8) is 0 Å².